The van der Waals surface area contributed by atoms with Gasteiger partial charge in [0, 0.05) is 12.1 Å². The molecule has 10 heteroatoms. The Hall–Kier alpha value is -4.34. The number of ether oxygens (including phenoxy) is 2. The Labute approximate surface area is 221 Å². The number of esters is 1. The number of aromatic nitrogens is 2. The van der Waals surface area contributed by atoms with Crippen LogP contribution in [0, 0.1) is 5.92 Å². The number of rotatable bonds is 9. The fraction of sp³-hybridized carbons (Fsp3) is 0.357. The molecule has 4 rings (SSSR count). The van der Waals surface area contributed by atoms with Gasteiger partial charge in [0.15, 0.2) is 0 Å². The van der Waals surface area contributed by atoms with E-state index in [4.69, 9.17) is 20.9 Å². The van der Waals surface area contributed by atoms with Crippen molar-refractivity contribution >= 4 is 23.6 Å². The second-order valence-electron chi connectivity index (χ2n) is 9.26. The Morgan fingerprint density at radius 2 is 1.74 bits per heavy atom. The molecular formula is C28H33N5O5. The van der Waals surface area contributed by atoms with Crippen molar-refractivity contribution in [3.8, 4) is 17.0 Å². The zero-order valence-corrected chi connectivity index (χ0v) is 21.6. The molecule has 1 aliphatic rings. The van der Waals surface area contributed by atoms with Gasteiger partial charge in [-0.15, -0.1) is 0 Å². The Morgan fingerprint density at radius 3 is 2.37 bits per heavy atom. The second kappa shape index (κ2) is 11.8. The number of hydrogen-bond donors (Lipinski definition) is 3. The summed E-state index contributed by atoms with van der Waals surface area (Å²) in [5, 5.41) is 7.57. The first-order valence-corrected chi connectivity index (χ1v) is 12.7. The summed E-state index contributed by atoms with van der Waals surface area (Å²) in [6, 6.07) is 14.3. The van der Waals surface area contributed by atoms with Crippen LogP contribution in [0.25, 0.3) is 11.3 Å². The molecule has 2 amide bonds. The van der Waals surface area contributed by atoms with Crippen LogP contribution in [-0.2, 0) is 16.1 Å². The molecule has 0 atom stereocenters. The molecule has 5 N–H and O–H groups in total. The van der Waals surface area contributed by atoms with E-state index in [-0.39, 0.29) is 35.2 Å². The van der Waals surface area contributed by atoms with Crippen LogP contribution in [0.4, 0.5) is 5.82 Å². The monoisotopic (exact) mass is 519 g/mol. The number of carbonyl (C=O) groups is 3. The molecular weight excluding hydrogens is 486 g/mol. The molecule has 38 heavy (non-hydrogen) atoms. The number of nitrogens with one attached hydrogen (secondary N) is 1. The van der Waals surface area contributed by atoms with Gasteiger partial charge in [0.1, 0.15) is 22.8 Å². The number of carbonyl (C=O) groups excluding carboxylic acids is 3. The van der Waals surface area contributed by atoms with Crippen LogP contribution in [0.2, 0.25) is 0 Å². The quantitative estimate of drug-likeness (QED) is 0.366. The van der Waals surface area contributed by atoms with E-state index in [1.807, 2.05) is 24.3 Å². The van der Waals surface area contributed by atoms with Crippen molar-refractivity contribution in [3.63, 3.8) is 0 Å². The number of nitrogen functional groups attached to an aromatic ring is 1. The van der Waals surface area contributed by atoms with E-state index >= 15 is 0 Å². The van der Waals surface area contributed by atoms with Gasteiger partial charge in [0.05, 0.1) is 31.2 Å². The van der Waals surface area contributed by atoms with E-state index in [1.165, 1.54) is 7.11 Å². The predicted molar refractivity (Wildman–Crippen MR) is 142 cm³/mol. The molecule has 0 radical (unpaired) electrons. The summed E-state index contributed by atoms with van der Waals surface area (Å²) in [7, 11) is 1.52. The summed E-state index contributed by atoms with van der Waals surface area (Å²) in [4.78, 5) is 37.0. The molecule has 1 aromatic heterocycles. The first kappa shape index (κ1) is 26.7. The van der Waals surface area contributed by atoms with Crippen molar-refractivity contribution in [1.82, 2.24) is 15.1 Å². The average Bonchev–Trinajstić information content (AvgIpc) is 3.29. The van der Waals surface area contributed by atoms with Crippen molar-refractivity contribution in [2.24, 2.45) is 11.7 Å². The number of para-hydroxylation sites is 1. The molecule has 200 valence electrons. The lowest BCUT2D eigenvalue weighted by Gasteiger charge is -2.28. The van der Waals surface area contributed by atoms with E-state index in [2.05, 4.69) is 10.4 Å². The van der Waals surface area contributed by atoms with Crippen LogP contribution in [0.3, 0.4) is 0 Å². The highest BCUT2D eigenvalue weighted by Gasteiger charge is 2.31. The highest BCUT2D eigenvalue weighted by atomic mass is 16.5. The lowest BCUT2D eigenvalue weighted by atomic mass is 9.86. The third-order valence-corrected chi connectivity index (χ3v) is 6.89. The van der Waals surface area contributed by atoms with E-state index in [0.29, 0.717) is 61.4 Å². The summed E-state index contributed by atoms with van der Waals surface area (Å²) in [6.07, 6.45) is 2.72. The van der Waals surface area contributed by atoms with Gasteiger partial charge in [-0.05, 0) is 50.3 Å². The normalized spacial score (nSPS) is 17.0. The molecule has 0 unspecified atom stereocenters. The Kier molecular flexibility index (Phi) is 8.30. The standard InChI is InChI=1S/C28H33N5O5/c1-3-38-28(36)19-12-14-20(15-13-19)33-25(29)23(26(30)34)24(32-33)18-10-8-17(9-11-18)16-31-27(35)21-6-4-5-7-22(21)37-2/h4-11,19-20H,3,12-16,29H2,1-2H3,(H2,30,34)(H,31,35). The highest BCUT2D eigenvalue weighted by Crippen LogP contribution is 2.37. The maximum Gasteiger partial charge on any atom is 0.308 e. The number of primary amides is 1. The van der Waals surface area contributed by atoms with Crippen molar-refractivity contribution in [3.05, 3.63) is 65.2 Å². The number of methoxy groups -OCH3 is 1. The lowest BCUT2D eigenvalue weighted by molar-refractivity contribution is -0.149. The Balaban J connectivity index is 1.48. The molecule has 0 aliphatic heterocycles. The molecule has 1 heterocycles. The molecule has 0 saturated heterocycles. The minimum atomic E-state index is -0.655. The Morgan fingerprint density at radius 1 is 1.05 bits per heavy atom. The lowest BCUT2D eigenvalue weighted by Crippen LogP contribution is -2.26. The van der Waals surface area contributed by atoms with Crippen molar-refractivity contribution in [2.45, 2.75) is 45.2 Å². The molecule has 0 bridgehead atoms. The summed E-state index contributed by atoms with van der Waals surface area (Å²) in [5.74, 6) is -0.475. The van der Waals surface area contributed by atoms with Crippen LogP contribution >= 0.6 is 0 Å². The minimum absolute atomic E-state index is 0.0445. The third-order valence-electron chi connectivity index (χ3n) is 6.89. The predicted octanol–water partition coefficient (Wildman–Crippen LogP) is 3.46. The molecule has 0 spiro atoms. The molecule has 1 fully saturated rings. The van der Waals surface area contributed by atoms with E-state index < -0.39 is 5.91 Å². The van der Waals surface area contributed by atoms with Crippen molar-refractivity contribution in [2.75, 3.05) is 19.5 Å². The Bertz CT molecular complexity index is 1310. The number of amides is 2. The van der Waals surface area contributed by atoms with Gasteiger partial charge in [-0.1, -0.05) is 36.4 Å². The topological polar surface area (TPSA) is 152 Å². The highest BCUT2D eigenvalue weighted by molar-refractivity contribution is 6.03. The second-order valence-corrected chi connectivity index (χ2v) is 9.26. The largest absolute Gasteiger partial charge is 0.496 e. The SMILES string of the molecule is CCOC(=O)C1CCC(n2nc(-c3ccc(CNC(=O)c4ccccc4OC)cc3)c(C(N)=O)c2N)CC1. The summed E-state index contributed by atoms with van der Waals surface area (Å²) in [6.45, 7) is 2.47. The summed E-state index contributed by atoms with van der Waals surface area (Å²) >= 11 is 0. The molecule has 1 saturated carbocycles. The minimum Gasteiger partial charge on any atom is -0.496 e. The van der Waals surface area contributed by atoms with Crippen molar-refractivity contribution in [1.29, 1.82) is 0 Å². The van der Waals surface area contributed by atoms with Crippen molar-refractivity contribution < 1.29 is 23.9 Å². The average molecular weight is 520 g/mol. The number of hydrogen-bond acceptors (Lipinski definition) is 7. The fourth-order valence-corrected chi connectivity index (χ4v) is 4.88. The maximum atomic E-state index is 12.6. The zero-order chi connectivity index (χ0) is 27.2. The van der Waals surface area contributed by atoms with E-state index in [0.717, 1.165) is 5.56 Å². The molecule has 3 aromatic rings. The van der Waals surface area contributed by atoms with Gasteiger partial charge in [-0.2, -0.15) is 5.10 Å². The zero-order valence-electron chi connectivity index (χ0n) is 21.6. The van der Waals surface area contributed by atoms with E-state index in [9.17, 15) is 14.4 Å². The first-order valence-electron chi connectivity index (χ1n) is 12.7. The van der Waals surface area contributed by atoms with Crippen LogP contribution in [-0.4, -0.2) is 41.3 Å². The number of nitrogens with zero attached hydrogens (tertiary/aromatic N) is 2. The van der Waals surface area contributed by atoms with Gasteiger partial charge >= 0.3 is 5.97 Å². The summed E-state index contributed by atoms with van der Waals surface area (Å²) < 4.78 is 12.1. The van der Waals surface area contributed by atoms with Crippen LogP contribution in [0.5, 0.6) is 5.75 Å². The van der Waals surface area contributed by atoms with Gasteiger partial charge in [-0.25, -0.2) is 4.68 Å². The van der Waals surface area contributed by atoms with Gasteiger partial charge < -0.3 is 26.3 Å². The first-order chi connectivity index (χ1) is 18.3. The van der Waals surface area contributed by atoms with E-state index in [1.54, 1.807) is 35.9 Å². The molecule has 10 nitrogen and oxygen atoms in total. The van der Waals surface area contributed by atoms with Crippen LogP contribution in [0.15, 0.2) is 48.5 Å². The number of nitrogens with two attached hydrogens (primary N) is 2. The third kappa shape index (κ3) is 5.64. The fourth-order valence-electron chi connectivity index (χ4n) is 4.88. The van der Waals surface area contributed by atoms with Gasteiger partial charge in [0.2, 0.25) is 0 Å². The number of anilines is 1. The molecule has 1 aliphatic carbocycles. The van der Waals surface area contributed by atoms with Gasteiger partial charge in [0.25, 0.3) is 11.8 Å². The molecule has 2 aromatic carbocycles. The smallest absolute Gasteiger partial charge is 0.308 e. The summed E-state index contributed by atoms with van der Waals surface area (Å²) in [5.41, 5.74) is 14.6. The maximum absolute atomic E-state index is 12.6. The number of benzene rings is 2. The van der Waals surface area contributed by atoms with Crippen LogP contribution in [0.1, 0.15) is 64.9 Å². The van der Waals surface area contributed by atoms with Gasteiger partial charge in [-0.3, -0.25) is 14.4 Å². The van der Waals surface area contributed by atoms with Crippen LogP contribution < -0.4 is 21.5 Å².